The number of halogens is 1. The SMILES string of the molecule is C[C@]12C=CC(=O)C=C1CCC1C2[C@@H](O)C[C@@]2(C)C1C[C@H]1O[C@@H](C3CCCCC3)O[C@]12C(=O)COC(=O)[C@H](CCCN=C(N)N)NC(=O)c1ccc[n+](Cc2cc(C(O)CNCCCCCCOCCCCc3ccccc3)ccc2OP(=O)(O)O)c1.[Cl-]. The van der Waals surface area contributed by atoms with Crippen molar-refractivity contribution < 1.29 is 84.2 Å². The van der Waals surface area contributed by atoms with Gasteiger partial charge in [-0.3, -0.25) is 29.2 Å². The number of aliphatic imine (C=N–C) groups is 1. The van der Waals surface area contributed by atoms with E-state index in [0.717, 1.165) is 102 Å². The molecule has 10 N–H and O–H groups in total. The van der Waals surface area contributed by atoms with E-state index in [-0.39, 0.29) is 98.0 Å². The molecule has 1 aromatic heterocycles. The average Bonchev–Trinajstić information content (AvgIpc) is 1.55. The number of hydrogen-bond acceptors (Lipinski definition) is 14. The van der Waals surface area contributed by atoms with E-state index in [0.29, 0.717) is 30.5 Å². The highest BCUT2D eigenvalue weighted by molar-refractivity contribution is 7.46. The second-order valence-electron chi connectivity index (χ2n) is 25.1. The maximum absolute atomic E-state index is 15.3. The smallest absolute Gasteiger partial charge is 0.524 e. The summed E-state index contributed by atoms with van der Waals surface area (Å²) in [4.78, 5) is 80.2. The summed E-state index contributed by atoms with van der Waals surface area (Å²) >= 11 is 0. The lowest BCUT2D eigenvalue weighted by atomic mass is 9.46. The molecule has 0 bridgehead atoms. The Hall–Kier alpha value is -5.38. The number of Topliss-reactive ketones (excluding diaryl/α,β-unsaturated/α-hetero) is 1. The summed E-state index contributed by atoms with van der Waals surface area (Å²) in [6, 6.07) is 16.9. The number of rotatable bonds is 30. The number of allylic oxidation sites excluding steroid dienone is 4. The number of ketones is 2. The van der Waals surface area contributed by atoms with Crippen molar-refractivity contribution >= 4 is 37.2 Å². The summed E-state index contributed by atoms with van der Waals surface area (Å²) < 4.78 is 44.5. The van der Waals surface area contributed by atoms with Gasteiger partial charge in [0.1, 0.15) is 17.4 Å². The minimum atomic E-state index is -5.02. The number of carbonyl (C=O) groups is 4. The van der Waals surface area contributed by atoms with Gasteiger partial charge in [0.25, 0.3) is 5.91 Å². The Labute approximate surface area is 517 Å². The molecule has 1 aliphatic heterocycles. The molecule has 1 saturated heterocycles. The van der Waals surface area contributed by atoms with E-state index in [1.165, 1.54) is 23.9 Å². The molecule has 20 nitrogen and oxygen atoms in total. The average molecular weight is 1250 g/mol. The van der Waals surface area contributed by atoms with E-state index in [1.54, 1.807) is 41.1 Å². The number of phosphoric acid groups is 1. The summed E-state index contributed by atoms with van der Waals surface area (Å²) in [5.74, 6) is -2.56. The lowest BCUT2D eigenvalue weighted by Gasteiger charge is -2.59. The van der Waals surface area contributed by atoms with Gasteiger partial charge in [0, 0.05) is 55.0 Å². The molecule has 87 heavy (non-hydrogen) atoms. The topological polar surface area (TPSA) is 305 Å². The standard InChI is InChI=1S/C65H89N6O14P.ClH/c1-63-29-28-49(72)36-48(63)25-26-50-51-37-57-65(64(51,2)38-53(73)58(50)63,84-61(83-57)44-20-9-6-10-21-44)56(75)42-82-60(77)52(23-15-31-69-62(66)67)70-59(76)46-22-16-32-71(40-46)41-47-35-45(24-27-55(47)85-86(78,79)80)54(74)39-68-30-12-3-4-13-33-81-34-14-11-19-43-17-7-5-8-18-43;/h5,7-8,16-18,22,24,27-29,32,35-36,40,44,50-54,57-58,61,68,73-74H,3-4,6,9-15,19-21,23,25-26,30-31,33-34,37-39,41-42H2,1-2H3,(H6-,66,67,69,70,76,78,79,80);1H/t50?,51?,52-,53-,54?,57+,58?,61+,63-,64-,65+;/m0./s1. The van der Waals surface area contributed by atoms with Crippen LogP contribution in [0.5, 0.6) is 5.75 Å². The van der Waals surface area contributed by atoms with Crippen molar-refractivity contribution in [1.82, 2.24) is 10.6 Å². The highest BCUT2D eigenvalue weighted by Crippen LogP contribution is 2.70. The third-order valence-electron chi connectivity index (χ3n) is 19.3. The first-order valence-electron chi connectivity index (χ1n) is 31.2. The Kier molecular flexibility index (Phi) is 23.6. The number of esters is 1. The number of nitrogens with zero attached hydrogens (tertiary/aromatic N) is 2. The van der Waals surface area contributed by atoms with Crippen molar-refractivity contribution in [3.63, 3.8) is 0 Å². The number of aliphatic hydroxyl groups is 2. The highest BCUT2D eigenvalue weighted by Gasteiger charge is 2.76. The number of guanidine groups is 1. The summed E-state index contributed by atoms with van der Waals surface area (Å²) in [5, 5.41) is 29.7. The van der Waals surface area contributed by atoms with Crippen LogP contribution in [-0.2, 0) is 50.9 Å². The normalized spacial score (nSPS) is 27.3. The fourth-order valence-electron chi connectivity index (χ4n) is 15.1. The van der Waals surface area contributed by atoms with Crippen molar-refractivity contribution in [1.29, 1.82) is 0 Å². The number of aromatic nitrogens is 1. The zero-order chi connectivity index (χ0) is 61.1. The Bertz CT molecular complexity index is 2990. The molecule has 476 valence electrons. The third kappa shape index (κ3) is 16.3. The molecule has 3 aromatic rings. The van der Waals surface area contributed by atoms with Crippen molar-refractivity contribution in [2.75, 3.05) is 39.5 Å². The predicted octanol–water partition coefficient (Wildman–Crippen LogP) is 3.93. The van der Waals surface area contributed by atoms with Crippen LogP contribution in [0.1, 0.15) is 156 Å². The molecular weight excluding hydrogens is 1160 g/mol. The minimum Gasteiger partial charge on any atom is -1.00 e. The van der Waals surface area contributed by atoms with Crippen LogP contribution in [0.15, 0.2) is 102 Å². The Morgan fingerprint density at radius 3 is 2.46 bits per heavy atom. The van der Waals surface area contributed by atoms with Gasteiger partial charge >= 0.3 is 13.8 Å². The monoisotopic (exact) mass is 1240 g/mol. The van der Waals surface area contributed by atoms with Crippen molar-refractivity contribution in [2.24, 2.45) is 51.0 Å². The fourth-order valence-corrected chi connectivity index (χ4v) is 15.5. The van der Waals surface area contributed by atoms with Crippen LogP contribution in [0.25, 0.3) is 0 Å². The van der Waals surface area contributed by atoms with Crippen molar-refractivity contribution in [3.8, 4) is 5.75 Å². The molecule has 11 atom stereocenters. The first-order valence-corrected chi connectivity index (χ1v) is 32.7. The number of aliphatic hydroxyl groups excluding tert-OH is 2. The number of carbonyl (C=O) groups excluding carboxylic acids is 4. The maximum atomic E-state index is 15.3. The first-order chi connectivity index (χ1) is 41.3. The molecule has 6 aliphatic rings. The molecule has 5 fully saturated rings. The van der Waals surface area contributed by atoms with Gasteiger partial charge in [-0.05, 0) is 143 Å². The number of nitrogens with two attached hydrogens (primary N) is 2. The van der Waals surface area contributed by atoms with Crippen LogP contribution in [0.2, 0.25) is 0 Å². The van der Waals surface area contributed by atoms with E-state index in [2.05, 4.69) is 46.8 Å². The molecule has 2 heterocycles. The molecule has 4 saturated carbocycles. The van der Waals surface area contributed by atoms with Crippen LogP contribution in [0.4, 0.5) is 0 Å². The van der Waals surface area contributed by atoms with Gasteiger partial charge in [-0.15, -0.1) is 0 Å². The fraction of sp³-hybridized carbons (Fsp3) is 0.600. The lowest BCUT2D eigenvalue weighted by Crippen LogP contribution is -3.00. The van der Waals surface area contributed by atoms with Crippen molar-refractivity contribution in [3.05, 3.63) is 119 Å². The van der Waals surface area contributed by atoms with Gasteiger partial charge in [0.2, 0.25) is 5.78 Å². The van der Waals surface area contributed by atoms with Gasteiger partial charge in [-0.2, -0.15) is 4.57 Å². The number of unbranched alkanes of at least 4 members (excludes halogenated alkanes) is 4. The van der Waals surface area contributed by atoms with Gasteiger partial charge in [0.15, 0.2) is 49.2 Å². The number of fused-ring (bicyclic) bond motifs is 7. The summed E-state index contributed by atoms with van der Waals surface area (Å²) in [5.41, 5.74) is 11.5. The van der Waals surface area contributed by atoms with Gasteiger partial charge in [-0.25, -0.2) is 9.36 Å². The van der Waals surface area contributed by atoms with E-state index in [4.69, 9.17) is 34.9 Å². The molecule has 0 radical (unpaired) electrons. The van der Waals surface area contributed by atoms with E-state index < -0.39 is 79.2 Å². The number of hydrogen-bond donors (Lipinski definition) is 8. The van der Waals surface area contributed by atoms with Gasteiger partial charge in [0.05, 0.1) is 23.9 Å². The number of ether oxygens (including phenoxy) is 4. The van der Waals surface area contributed by atoms with Crippen LogP contribution >= 0.6 is 7.82 Å². The first kappa shape index (κ1) is 67.5. The number of amides is 1. The van der Waals surface area contributed by atoms with E-state index in [9.17, 15) is 38.9 Å². The van der Waals surface area contributed by atoms with Crippen LogP contribution in [0.3, 0.4) is 0 Å². The van der Waals surface area contributed by atoms with Gasteiger partial charge in [-0.1, -0.05) is 94.0 Å². The second kappa shape index (κ2) is 30.4. The summed E-state index contributed by atoms with van der Waals surface area (Å²) in [6.45, 7) is 5.94. The molecule has 2 aromatic carbocycles. The number of pyridine rings is 1. The predicted molar refractivity (Wildman–Crippen MR) is 321 cm³/mol. The summed E-state index contributed by atoms with van der Waals surface area (Å²) in [7, 11) is -5.02. The quantitative estimate of drug-likeness (QED) is 0.0117. The third-order valence-corrected chi connectivity index (χ3v) is 19.8. The van der Waals surface area contributed by atoms with Crippen LogP contribution < -0.4 is 43.6 Å². The van der Waals surface area contributed by atoms with Crippen molar-refractivity contribution in [2.45, 2.75) is 172 Å². The number of nitrogens with one attached hydrogen (secondary N) is 2. The van der Waals surface area contributed by atoms with E-state index in [1.807, 2.05) is 19.1 Å². The summed E-state index contributed by atoms with van der Waals surface area (Å²) in [6.07, 6.45) is 19.8. The zero-order valence-electron chi connectivity index (χ0n) is 50.3. The van der Waals surface area contributed by atoms with Crippen LogP contribution in [0, 0.1) is 34.5 Å². The number of aryl methyl sites for hydroxylation is 1. The Balaban J connectivity index is 0.00000982. The molecule has 22 heteroatoms. The molecule has 9 rings (SSSR count). The minimum absolute atomic E-state index is 0. The largest absolute Gasteiger partial charge is 1.00 e. The lowest BCUT2D eigenvalue weighted by molar-refractivity contribution is -0.688. The molecule has 4 unspecified atom stereocenters. The number of benzene rings is 2. The van der Waals surface area contributed by atoms with E-state index >= 15 is 4.79 Å². The van der Waals surface area contributed by atoms with Gasteiger partial charge < -0.3 is 68.2 Å². The molecule has 0 spiro atoms. The highest BCUT2D eigenvalue weighted by atomic mass is 35.5. The molecular formula is C65H90ClN6O14P. The molecule has 5 aliphatic carbocycles. The second-order valence-corrected chi connectivity index (χ2v) is 26.3. The zero-order valence-corrected chi connectivity index (χ0v) is 51.9. The Morgan fingerprint density at radius 2 is 1.70 bits per heavy atom. The Morgan fingerprint density at radius 1 is 0.943 bits per heavy atom. The molecule has 1 amide bonds. The number of phosphoric ester groups is 1. The van der Waals surface area contributed by atoms with Crippen LogP contribution in [-0.4, -0.2) is 119 Å². The maximum Gasteiger partial charge on any atom is 0.524 e.